The number of carbonyl (C=O) groups excluding carboxylic acids is 3. The van der Waals surface area contributed by atoms with Crippen LogP contribution in [0.1, 0.15) is 27.2 Å². The highest BCUT2D eigenvalue weighted by Gasteiger charge is 2.50. The minimum atomic E-state index is -4.47. The van der Waals surface area contributed by atoms with E-state index in [9.17, 15) is 27.6 Å². The van der Waals surface area contributed by atoms with Crippen LogP contribution in [0.2, 0.25) is 0 Å². The molecule has 8 nitrogen and oxygen atoms in total. The third-order valence-electron chi connectivity index (χ3n) is 5.74. The molecule has 3 N–H and O–H groups in total. The van der Waals surface area contributed by atoms with E-state index in [4.69, 9.17) is 0 Å². The summed E-state index contributed by atoms with van der Waals surface area (Å²) in [6.45, 7) is 1.42. The number of hydrogen-bond acceptors (Lipinski definition) is 4. The standard InChI is InChI=1S/C23H20F3N5O3/c1-13-4-3-5-16(14-6-8-15(9-7-14)23(24,25)26)18(13)19(32)27-12-22(17-10-11-28-31(17)2)20(33)29-21(34)30-22/h3-11H,12H2,1-2H3,(H,27,32)(H2,29,30,33,34). The molecule has 0 bridgehead atoms. The van der Waals surface area contributed by atoms with Crippen molar-refractivity contribution in [1.29, 1.82) is 0 Å². The highest BCUT2D eigenvalue weighted by atomic mass is 19.4. The molecule has 1 saturated heterocycles. The van der Waals surface area contributed by atoms with Gasteiger partial charge in [-0.05, 0) is 41.8 Å². The van der Waals surface area contributed by atoms with E-state index in [1.807, 2.05) is 0 Å². The van der Waals surface area contributed by atoms with Crippen LogP contribution in [0.4, 0.5) is 18.0 Å². The van der Waals surface area contributed by atoms with E-state index in [1.54, 1.807) is 38.2 Å². The Kier molecular flexibility index (Phi) is 5.64. The molecule has 1 atom stereocenters. The van der Waals surface area contributed by atoms with Crippen LogP contribution in [0.15, 0.2) is 54.7 Å². The molecule has 1 aromatic heterocycles. The molecule has 0 saturated carbocycles. The molecule has 3 aromatic rings. The third kappa shape index (κ3) is 4.00. The second kappa shape index (κ2) is 8.32. The fraction of sp³-hybridized carbons (Fsp3) is 0.217. The van der Waals surface area contributed by atoms with Crippen molar-refractivity contribution < 1.29 is 27.6 Å². The molecule has 1 aliphatic heterocycles. The van der Waals surface area contributed by atoms with Gasteiger partial charge in [0.2, 0.25) is 0 Å². The van der Waals surface area contributed by atoms with E-state index < -0.39 is 35.1 Å². The number of hydrogen-bond donors (Lipinski definition) is 3. The van der Waals surface area contributed by atoms with Crippen molar-refractivity contribution in [1.82, 2.24) is 25.7 Å². The minimum Gasteiger partial charge on any atom is -0.349 e. The average Bonchev–Trinajstić information content (AvgIpc) is 3.33. The van der Waals surface area contributed by atoms with Gasteiger partial charge in [-0.3, -0.25) is 19.6 Å². The Labute approximate surface area is 192 Å². The van der Waals surface area contributed by atoms with Crippen LogP contribution in [0, 0.1) is 6.92 Å². The summed E-state index contributed by atoms with van der Waals surface area (Å²) < 4.78 is 40.3. The number of carbonyl (C=O) groups is 3. The Balaban J connectivity index is 1.66. The molecular weight excluding hydrogens is 451 g/mol. The number of benzene rings is 2. The molecule has 1 aliphatic rings. The Morgan fingerprint density at radius 2 is 1.82 bits per heavy atom. The van der Waals surface area contributed by atoms with Gasteiger partial charge in [0.1, 0.15) is 0 Å². The van der Waals surface area contributed by atoms with E-state index in [-0.39, 0.29) is 12.1 Å². The lowest BCUT2D eigenvalue weighted by molar-refractivity contribution is -0.137. The van der Waals surface area contributed by atoms with Gasteiger partial charge in [-0.1, -0.05) is 30.3 Å². The van der Waals surface area contributed by atoms with Crippen LogP contribution >= 0.6 is 0 Å². The number of rotatable bonds is 5. The Morgan fingerprint density at radius 3 is 2.38 bits per heavy atom. The second-order valence-electron chi connectivity index (χ2n) is 7.91. The minimum absolute atomic E-state index is 0.243. The van der Waals surface area contributed by atoms with E-state index >= 15 is 0 Å². The molecule has 4 amide bonds. The van der Waals surface area contributed by atoms with Gasteiger partial charge in [0.15, 0.2) is 5.54 Å². The lowest BCUT2D eigenvalue weighted by Gasteiger charge is -2.26. The first kappa shape index (κ1) is 23.0. The lowest BCUT2D eigenvalue weighted by Crippen LogP contribution is -2.53. The molecule has 0 aliphatic carbocycles. The van der Waals surface area contributed by atoms with Crippen molar-refractivity contribution >= 4 is 17.8 Å². The number of nitrogens with one attached hydrogen (secondary N) is 3. The number of aromatic nitrogens is 2. The van der Waals surface area contributed by atoms with Crippen molar-refractivity contribution in [3.8, 4) is 11.1 Å². The van der Waals surface area contributed by atoms with Gasteiger partial charge in [0.25, 0.3) is 11.8 Å². The Morgan fingerprint density at radius 1 is 1.12 bits per heavy atom. The average molecular weight is 471 g/mol. The molecule has 11 heteroatoms. The molecule has 0 radical (unpaired) electrons. The van der Waals surface area contributed by atoms with Crippen LogP contribution in [0.25, 0.3) is 11.1 Å². The third-order valence-corrected chi connectivity index (χ3v) is 5.74. The summed E-state index contributed by atoms with van der Waals surface area (Å²) in [6, 6.07) is 10.4. The predicted octanol–water partition coefficient (Wildman–Crippen LogP) is 2.88. The number of aryl methyl sites for hydroxylation is 2. The number of halogens is 3. The largest absolute Gasteiger partial charge is 0.416 e. The highest BCUT2D eigenvalue weighted by molar-refractivity contribution is 6.08. The van der Waals surface area contributed by atoms with Gasteiger partial charge in [-0.25, -0.2) is 4.79 Å². The van der Waals surface area contributed by atoms with Crippen LogP contribution < -0.4 is 16.0 Å². The van der Waals surface area contributed by atoms with E-state index in [0.717, 1.165) is 12.1 Å². The first-order valence-electron chi connectivity index (χ1n) is 10.2. The number of imide groups is 1. The summed E-state index contributed by atoms with van der Waals surface area (Å²) in [7, 11) is 1.60. The Hall–Kier alpha value is -4.15. The second-order valence-corrected chi connectivity index (χ2v) is 7.91. The number of amides is 4. The van der Waals surface area contributed by atoms with E-state index in [0.29, 0.717) is 22.4 Å². The summed E-state index contributed by atoms with van der Waals surface area (Å²) in [5.74, 6) is -1.20. The monoisotopic (exact) mass is 471 g/mol. The van der Waals surface area contributed by atoms with Crippen molar-refractivity contribution in [2.24, 2.45) is 7.05 Å². The van der Waals surface area contributed by atoms with E-state index in [1.165, 1.54) is 23.0 Å². The van der Waals surface area contributed by atoms with Crippen molar-refractivity contribution in [3.63, 3.8) is 0 Å². The maximum Gasteiger partial charge on any atom is 0.416 e. The fourth-order valence-corrected chi connectivity index (χ4v) is 4.03. The molecule has 4 rings (SSSR count). The summed E-state index contributed by atoms with van der Waals surface area (Å²) >= 11 is 0. The zero-order valence-corrected chi connectivity index (χ0v) is 18.2. The molecule has 34 heavy (non-hydrogen) atoms. The van der Waals surface area contributed by atoms with Crippen molar-refractivity contribution in [2.75, 3.05) is 6.54 Å². The maximum absolute atomic E-state index is 13.3. The van der Waals surface area contributed by atoms with Crippen molar-refractivity contribution in [3.05, 3.63) is 77.1 Å². The summed E-state index contributed by atoms with van der Waals surface area (Å²) in [4.78, 5) is 37.9. The van der Waals surface area contributed by atoms with Gasteiger partial charge in [-0.15, -0.1) is 0 Å². The number of alkyl halides is 3. The zero-order valence-electron chi connectivity index (χ0n) is 18.2. The maximum atomic E-state index is 13.3. The topological polar surface area (TPSA) is 105 Å². The molecule has 1 fully saturated rings. The summed E-state index contributed by atoms with van der Waals surface area (Å²) in [5.41, 5.74) is -0.317. The van der Waals surface area contributed by atoms with E-state index in [2.05, 4.69) is 21.0 Å². The number of nitrogens with zero attached hydrogens (tertiary/aromatic N) is 2. The van der Waals surface area contributed by atoms with Crippen LogP contribution in [0.3, 0.4) is 0 Å². The quantitative estimate of drug-likeness (QED) is 0.498. The molecule has 2 aromatic carbocycles. The summed E-state index contributed by atoms with van der Waals surface area (Å²) in [6.07, 6.45) is -3.02. The Bertz CT molecular complexity index is 1280. The SMILES string of the molecule is Cc1cccc(-c2ccc(C(F)(F)F)cc2)c1C(=O)NCC1(c2ccnn2C)NC(=O)NC1=O. The molecule has 1 unspecified atom stereocenters. The molecule has 0 spiro atoms. The van der Waals surface area contributed by atoms with Gasteiger partial charge in [0.05, 0.1) is 23.4 Å². The molecule has 2 heterocycles. The van der Waals surface area contributed by atoms with Gasteiger partial charge in [-0.2, -0.15) is 18.3 Å². The first-order valence-corrected chi connectivity index (χ1v) is 10.2. The fourth-order valence-electron chi connectivity index (χ4n) is 4.03. The van der Waals surface area contributed by atoms with Gasteiger partial charge >= 0.3 is 12.2 Å². The highest BCUT2D eigenvalue weighted by Crippen LogP contribution is 2.33. The van der Waals surface area contributed by atoms with Crippen LogP contribution in [-0.4, -0.2) is 34.2 Å². The van der Waals surface area contributed by atoms with Crippen LogP contribution in [0.5, 0.6) is 0 Å². The van der Waals surface area contributed by atoms with Gasteiger partial charge < -0.3 is 10.6 Å². The van der Waals surface area contributed by atoms with Crippen LogP contribution in [-0.2, 0) is 23.6 Å². The smallest absolute Gasteiger partial charge is 0.349 e. The molecular formula is C23H20F3N5O3. The lowest BCUT2D eigenvalue weighted by atomic mass is 9.93. The van der Waals surface area contributed by atoms with Gasteiger partial charge in [0, 0.05) is 13.2 Å². The first-order chi connectivity index (χ1) is 16.0. The summed E-state index contributed by atoms with van der Waals surface area (Å²) in [5, 5.41) is 11.5. The van der Waals surface area contributed by atoms with Crippen molar-refractivity contribution in [2.45, 2.75) is 18.6 Å². The normalized spacial score (nSPS) is 17.9. The molecule has 176 valence electrons. The number of urea groups is 1. The zero-order chi connectivity index (χ0) is 24.7. The predicted molar refractivity (Wildman–Crippen MR) is 116 cm³/mol.